The molecule has 0 aliphatic heterocycles. The monoisotopic (exact) mass is 404 g/mol. The standard InChI is InChI=1S/C23H16O3S2/c1-15-5-11-19(12-6-15)27-26-28(24,25)21-14-10-18-8-7-16-3-2-4-17-9-13-20(21)23(18)22(16)17/h2-14H,1H3. The van der Waals surface area contributed by atoms with E-state index in [9.17, 15) is 8.42 Å². The molecule has 5 aromatic rings. The molecule has 0 unspecified atom stereocenters. The summed E-state index contributed by atoms with van der Waals surface area (Å²) in [4.78, 5) is 0.935. The van der Waals surface area contributed by atoms with Crippen molar-refractivity contribution in [3.63, 3.8) is 0 Å². The number of hydrogen-bond donors (Lipinski definition) is 0. The Morgan fingerprint density at radius 2 is 1.32 bits per heavy atom. The van der Waals surface area contributed by atoms with Gasteiger partial charge in [-0.1, -0.05) is 66.2 Å². The van der Waals surface area contributed by atoms with Crippen LogP contribution in [-0.2, 0) is 13.7 Å². The molecule has 0 spiro atoms. The van der Waals surface area contributed by atoms with Crippen LogP contribution in [0, 0.1) is 6.92 Å². The molecular weight excluding hydrogens is 388 g/mol. The molecule has 0 fully saturated rings. The van der Waals surface area contributed by atoms with E-state index < -0.39 is 10.1 Å². The van der Waals surface area contributed by atoms with Gasteiger partial charge >= 0.3 is 10.1 Å². The number of aryl methyl sites for hydroxylation is 1. The molecule has 0 atom stereocenters. The molecule has 3 nitrogen and oxygen atoms in total. The van der Waals surface area contributed by atoms with E-state index in [4.69, 9.17) is 3.63 Å². The Labute approximate surface area is 167 Å². The zero-order valence-corrected chi connectivity index (χ0v) is 16.7. The van der Waals surface area contributed by atoms with Crippen LogP contribution in [-0.4, -0.2) is 8.42 Å². The van der Waals surface area contributed by atoms with Crippen LogP contribution in [0.25, 0.3) is 32.3 Å². The maximum absolute atomic E-state index is 13.0. The van der Waals surface area contributed by atoms with Crippen molar-refractivity contribution in [1.82, 2.24) is 0 Å². The predicted molar refractivity (Wildman–Crippen MR) is 115 cm³/mol. The van der Waals surface area contributed by atoms with Gasteiger partial charge in [0.25, 0.3) is 0 Å². The molecule has 5 rings (SSSR count). The first kappa shape index (κ1) is 17.5. The molecule has 28 heavy (non-hydrogen) atoms. The Morgan fingerprint density at radius 3 is 2.04 bits per heavy atom. The fraction of sp³-hybridized carbons (Fsp3) is 0.0435. The van der Waals surface area contributed by atoms with Gasteiger partial charge in [0, 0.05) is 22.3 Å². The summed E-state index contributed by atoms with van der Waals surface area (Å²) in [5, 5.41) is 5.94. The van der Waals surface area contributed by atoms with Gasteiger partial charge in [-0.25, -0.2) is 0 Å². The summed E-state index contributed by atoms with van der Waals surface area (Å²) < 4.78 is 31.3. The first-order valence-corrected chi connectivity index (χ1v) is 11.0. The Kier molecular flexibility index (Phi) is 4.05. The van der Waals surface area contributed by atoms with Gasteiger partial charge in [0.2, 0.25) is 0 Å². The minimum Gasteiger partial charge on any atom is -0.193 e. The number of hydrogen-bond acceptors (Lipinski definition) is 4. The lowest BCUT2D eigenvalue weighted by molar-refractivity contribution is 0.519. The van der Waals surface area contributed by atoms with Crippen molar-refractivity contribution in [2.24, 2.45) is 0 Å². The van der Waals surface area contributed by atoms with Gasteiger partial charge in [0.1, 0.15) is 4.90 Å². The van der Waals surface area contributed by atoms with E-state index in [2.05, 4.69) is 6.07 Å². The molecular formula is C23H16O3S2. The number of benzene rings is 5. The maximum Gasteiger partial charge on any atom is 0.308 e. The highest BCUT2D eigenvalue weighted by Gasteiger charge is 2.22. The van der Waals surface area contributed by atoms with Gasteiger partial charge in [0.15, 0.2) is 0 Å². The Bertz CT molecular complexity index is 1410. The SMILES string of the molecule is Cc1ccc(SOS(=O)(=O)c2ccc3ccc4cccc5ccc2c3c45)cc1. The molecule has 0 saturated heterocycles. The molecule has 0 heterocycles. The second-order valence-electron chi connectivity index (χ2n) is 6.84. The largest absolute Gasteiger partial charge is 0.308 e. The van der Waals surface area contributed by atoms with Crippen LogP contribution in [0.2, 0.25) is 0 Å². The van der Waals surface area contributed by atoms with Crippen molar-refractivity contribution in [2.75, 3.05) is 0 Å². The average molecular weight is 405 g/mol. The normalized spacial score (nSPS) is 12.3. The molecule has 0 radical (unpaired) electrons. The average Bonchev–Trinajstić information content (AvgIpc) is 2.71. The molecule has 0 amide bonds. The third-order valence-corrected chi connectivity index (χ3v) is 7.35. The molecule has 0 saturated carbocycles. The molecule has 5 heteroatoms. The Balaban J connectivity index is 1.64. The van der Waals surface area contributed by atoms with Gasteiger partial charge in [-0.2, -0.15) is 12.0 Å². The molecule has 0 N–H and O–H groups in total. The van der Waals surface area contributed by atoms with E-state index >= 15 is 0 Å². The maximum atomic E-state index is 13.0. The summed E-state index contributed by atoms with van der Waals surface area (Å²) in [7, 11) is -3.93. The summed E-state index contributed by atoms with van der Waals surface area (Å²) in [6.07, 6.45) is 0. The molecule has 0 aliphatic rings. The van der Waals surface area contributed by atoms with Crippen LogP contribution in [0.5, 0.6) is 0 Å². The van der Waals surface area contributed by atoms with Gasteiger partial charge in [-0.3, -0.25) is 0 Å². The summed E-state index contributed by atoms with van der Waals surface area (Å²) >= 11 is 0.862. The smallest absolute Gasteiger partial charge is 0.193 e. The fourth-order valence-corrected chi connectivity index (χ4v) is 5.53. The third-order valence-electron chi connectivity index (χ3n) is 5.00. The van der Waals surface area contributed by atoms with Crippen molar-refractivity contribution in [3.8, 4) is 0 Å². The van der Waals surface area contributed by atoms with E-state index in [1.807, 2.05) is 73.7 Å². The minimum absolute atomic E-state index is 0.192. The van der Waals surface area contributed by atoms with Crippen molar-refractivity contribution >= 4 is 54.5 Å². The van der Waals surface area contributed by atoms with E-state index in [1.165, 1.54) is 0 Å². The van der Waals surface area contributed by atoms with E-state index in [1.54, 1.807) is 6.07 Å². The van der Waals surface area contributed by atoms with Crippen LogP contribution >= 0.6 is 12.0 Å². The lowest BCUT2D eigenvalue weighted by Crippen LogP contribution is -2.03. The van der Waals surface area contributed by atoms with E-state index in [0.29, 0.717) is 5.39 Å². The third kappa shape index (κ3) is 2.83. The van der Waals surface area contributed by atoms with Crippen LogP contribution < -0.4 is 0 Å². The van der Waals surface area contributed by atoms with Crippen LogP contribution in [0.1, 0.15) is 5.56 Å². The highest BCUT2D eigenvalue weighted by Crippen LogP contribution is 2.38. The van der Waals surface area contributed by atoms with E-state index in [0.717, 1.165) is 49.4 Å². The van der Waals surface area contributed by atoms with Crippen molar-refractivity contribution in [2.45, 2.75) is 16.7 Å². The van der Waals surface area contributed by atoms with Crippen molar-refractivity contribution in [1.29, 1.82) is 0 Å². The van der Waals surface area contributed by atoms with E-state index in [-0.39, 0.29) is 4.90 Å². The second kappa shape index (κ2) is 6.48. The summed E-state index contributed by atoms with van der Waals surface area (Å²) in [6.45, 7) is 1.98. The van der Waals surface area contributed by atoms with Crippen LogP contribution in [0.3, 0.4) is 0 Å². The van der Waals surface area contributed by atoms with Gasteiger partial charge in [-0.05, 0) is 52.1 Å². The molecule has 5 aromatic carbocycles. The lowest BCUT2D eigenvalue weighted by Gasteiger charge is -2.13. The van der Waals surface area contributed by atoms with Crippen molar-refractivity contribution in [3.05, 3.63) is 84.4 Å². The number of rotatable bonds is 4. The molecule has 0 bridgehead atoms. The predicted octanol–water partition coefficient (Wildman–Crippen LogP) is 6.31. The first-order valence-electron chi connectivity index (χ1n) is 8.87. The second-order valence-corrected chi connectivity index (χ2v) is 9.37. The first-order chi connectivity index (χ1) is 13.5. The van der Waals surface area contributed by atoms with Gasteiger partial charge in [0.05, 0.1) is 0 Å². The van der Waals surface area contributed by atoms with Gasteiger partial charge < -0.3 is 0 Å². The lowest BCUT2D eigenvalue weighted by atomic mass is 9.94. The molecule has 0 aliphatic carbocycles. The summed E-state index contributed by atoms with van der Waals surface area (Å²) in [6, 6.07) is 25.1. The highest BCUT2D eigenvalue weighted by molar-refractivity contribution is 8.04. The summed E-state index contributed by atoms with van der Waals surface area (Å²) in [5.74, 6) is 0. The molecule has 138 valence electrons. The summed E-state index contributed by atoms with van der Waals surface area (Å²) in [5.41, 5.74) is 1.11. The topological polar surface area (TPSA) is 43.4 Å². The fourth-order valence-electron chi connectivity index (χ4n) is 3.64. The Morgan fingerprint density at radius 1 is 0.714 bits per heavy atom. The quantitative estimate of drug-likeness (QED) is 0.260. The zero-order valence-electron chi connectivity index (χ0n) is 15.0. The van der Waals surface area contributed by atoms with Crippen molar-refractivity contribution < 1.29 is 12.0 Å². The minimum atomic E-state index is -3.93. The van der Waals surface area contributed by atoms with Crippen LogP contribution in [0.15, 0.2) is 88.7 Å². The highest BCUT2D eigenvalue weighted by atomic mass is 32.3. The van der Waals surface area contributed by atoms with Gasteiger partial charge in [-0.15, -0.1) is 0 Å². The molecule has 0 aromatic heterocycles. The Hall–Kier alpha value is -2.60. The zero-order chi connectivity index (χ0) is 19.3. The van der Waals surface area contributed by atoms with Crippen LogP contribution in [0.4, 0.5) is 0 Å².